The summed E-state index contributed by atoms with van der Waals surface area (Å²) in [4.78, 5) is 8.75. The van der Waals surface area contributed by atoms with Crippen molar-refractivity contribution in [1.29, 1.82) is 5.26 Å². The Balaban J connectivity index is 1.29. The second kappa shape index (κ2) is 22.8. The summed E-state index contributed by atoms with van der Waals surface area (Å²) in [6.45, 7) is 2.90. The Labute approximate surface area is 533 Å². The number of halogens is 24. The Morgan fingerprint density at radius 3 is 0.816 bits per heavy atom. The largest absolute Gasteiger partial charge is 0.417 e. The molecule has 9 aromatic carbocycles. The van der Waals surface area contributed by atoms with E-state index >= 15 is 52.7 Å². The van der Waals surface area contributed by atoms with Gasteiger partial charge in [0.25, 0.3) is 0 Å². The lowest BCUT2D eigenvalue weighted by molar-refractivity contribution is -0.144. The summed E-state index contributed by atoms with van der Waals surface area (Å²) >= 11 is 0. The maximum absolute atomic E-state index is 15.1. The van der Waals surface area contributed by atoms with Crippen LogP contribution in [0.5, 0.6) is 0 Å². The smallest absolute Gasteiger partial charge is 0.307 e. The molecule has 12 aromatic rings. The van der Waals surface area contributed by atoms with E-state index in [2.05, 4.69) is 9.97 Å². The van der Waals surface area contributed by atoms with Crippen LogP contribution in [0.25, 0.3) is 111 Å². The van der Waals surface area contributed by atoms with Crippen LogP contribution in [0.4, 0.5) is 105 Å². The Kier molecular flexibility index (Phi) is 15.7. The highest BCUT2D eigenvalue weighted by Crippen LogP contribution is 2.51. The maximum Gasteiger partial charge on any atom is 0.417 e. The molecule has 0 atom stereocenters. The van der Waals surface area contributed by atoms with Crippen molar-refractivity contribution < 1.29 is 105 Å². The number of nitriles is 1. The van der Waals surface area contributed by atoms with Crippen molar-refractivity contribution in [1.82, 2.24) is 19.1 Å². The van der Waals surface area contributed by atoms with Gasteiger partial charge in [-0.15, -0.1) is 0 Å². The van der Waals surface area contributed by atoms with E-state index in [9.17, 15) is 57.9 Å². The molecule has 0 unspecified atom stereocenters. The lowest BCUT2D eigenvalue weighted by atomic mass is 9.95. The van der Waals surface area contributed by atoms with Gasteiger partial charge in [-0.1, -0.05) is 72.8 Å². The molecule has 0 aliphatic carbocycles. The molecular formula is C69H33F24N5. The quantitative estimate of drug-likeness (QED) is 0.149. The summed E-state index contributed by atoms with van der Waals surface area (Å²) in [5, 5.41) is 10.9. The number of alkyl halides is 24. The minimum absolute atomic E-state index is 0.0418. The predicted octanol–water partition coefficient (Wildman–Crippen LogP) is 23.6. The standard InChI is InChI=1S/C69H33F24N5/c1-31-19-55(96-32(2)95-31)50-29-61(98-58-22-35(44-17-9-40(64(76,77)78)27-53(44)68(88,89)90)5-13-48(58)49-14-6-36(23-59(49)98)45-18-10-41(65(79,80)81)28-54(45)69(91,92)93)60(24-37(50)30-94)97-56-20-33(42-15-7-38(62(70,71)72)25-51(42)66(82,83)84)3-11-46(56)47-12-4-34(21-57(47)97)43-16-8-39(63(73,74)75)26-52(43)67(85,86)87/h3-29H,1-2H3. The zero-order chi connectivity index (χ0) is 71.3. The molecule has 5 nitrogen and oxygen atoms in total. The molecule has 0 aliphatic rings. The Hall–Kier alpha value is -10.5. The van der Waals surface area contributed by atoms with Crippen molar-refractivity contribution in [3.8, 4) is 73.2 Å². The Morgan fingerprint density at radius 2 is 0.571 bits per heavy atom. The highest BCUT2D eigenvalue weighted by atomic mass is 19.4. The van der Waals surface area contributed by atoms with Gasteiger partial charge in [-0.3, -0.25) is 0 Å². The van der Waals surface area contributed by atoms with Crippen LogP contribution in [0.3, 0.4) is 0 Å². The van der Waals surface area contributed by atoms with E-state index in [-0.39, 0.29) is 90.7 Å². The number of nitrogens with zero attached hydrogens (tertiary/aromatic N) is 5. The minimum Gasteiger partial charge on any atom is -0.307 e. The van der Waals surface area contributed by atoms with Gasteiger partial charge in [-0.25, -0.2) is 9.97 Å². The van der Waals surface area contributed by atoms with E-state index in [0.717, 1.165) is 94.1 Å². The molecular weight excluding hydrogens is 1350 g/mol. The highest BCUT2D eigenvalue weighted by Gasteiger charge is 2.43. The van der Waals surface area contributed by atoms with E-state index in [1.165, 1.54) is 19.9 Å². The molecule has 0 bridgehead atoms. The van der Waals surface area contributed by atoms with Crippen LogP contribution in [0.2, 0.25) is 0 Å². The molecule has 0 fully saturated rings. The molecule has 0 aliphatic heterocycles. The third kappa shape index (κ3) is 12.2. The first-order chi connectivity index (χ1) is 45.4. The van der Waals surface area contributed by atoms with E-state index in [0.29, 0.717) is 48.5 Å². The molecule has 3 heterocycles. The molecule has 3 aromatic heterocycles. The fourth-order valence-electron chi connectivity index (χ4n) is 12.1. The van der Waals surface area contributed by atoms with Gasteiger partial charge >= 0.3 is 49.4 Å². The van der Waals surface area contributed by atoms with Crippen LogP contribution in [-0.4, -0.2) is 19.1 Å². The Bertz CT molecular complexity index is 5030. The summed E-state index contributed by atoms with van der Waals surface area (Å²) < 4.78 is 354. The monoisotopic (exact) mass is 1390 g/mol. The van der Waals surface area contributed by atoms with E-state index in [1.54, 1.807) is 0 Å². The third-order valence-electron chi connectivity index (χ3n) is 16.3. The number of benzene rings is 9. The number of fused-ring (bicyclic) bond motifs is 6. The Morgan fingerprint density at radius 1 is 0.296 bits per heavy atom. The van der Waals surface area contributed by atoms with E-state index in [1.807, 2.05) is 6.07 Å². The summed E-state index contributed by atoms with van der Waals surface area (Å²) in [6.07, 6.45) is -43.6. The molecule has 0 spiro atoms. The lowest BCUT2D eigenvalue weighted by Crippen LogP contribution is -2.12. The van der Waals surface area contributed by atoms with Gasteiger partial charge in [0.05, 0.1) is 95.3 Å². The lowest BCUT2D eigenvalue weighted by Gasteiger charge is -2.21. The number of hydrogen-bond acceptors (Lipinski definition) is 3. The first-order valence-electron chi connectivity index (χ1n) is 28.1. The molecule has 12 rings (SSSR count). The van der Waals surface area contributed by atoms with Crippen LogP contribution in [-0.2, 0) is 49.4 Å². The van der Waals surface area contributed by atoms with E-state index < -0.39 is 155 Å². The first-order valence-corrected chi connectivity index (χ1v) is 28.1. The zero-order valence-electron chi connectivity index (χ0n) is 48.9. The van der Waals surface area contributed by atoms with Gasteiger partial charge < -0.3 is 9.13 Å². The van der Waals surface area contributed by atoms with Gasteiger partial charge in [-0.2, -0.15) is 111 Å². The fraction of sp³-hybridized carbons (Fsp3) is 0.145. The van der Waals surface area contributed by atoms with Crippen LogP contribution in [0.15, 0.2) is 164 Å². The normalized spacial score (nSPS) is 13.2. The van der Waals surface area contributed by atoms with Crippen LogP contribution < -0.4 is 0 Å². The molecule has 0 saturated heterocycles. The van der Waals surface area contributed by atoms with Gasteiger partial charge in [0.2, 0.25) is 0 Å². The number of aryl methyl sites for hydroxylation is 2. The van der Waals surface area contributed by atoms with Gasteiger partial charge in [0.15, 0.2) is 0 Å². The molecule has 0 N–H and O–H groups in total. The maximum atomic E-state index is 15.1. The second-order valence-corrected chi connectivity index (χ2v) is 22.6. The fourth-order valence-corrected chi connectivity index (χ4v) is 12.1. The molecule has 502 valence electrons. The highest BCUT2D eigenvalue weighted by molar-refractivity contribution is 6.14. The molecule has 0 saturated carbocycles. The number of aromatic nitrogens is 4. The predicted molar refractivity (Wildman–Crippen MR) is 312 cm³/mol. The molecule has 0 amide bonds. The van der Waals surface area contributed by atoms with Gasteiger partial charge in [0, 0.05) is 32.8 Å². The van der Waals surface area contributed by atoms with Crippen LogP contribution in [0.1, 0.15) is 61.6 Å². The van der Waals surface area contributed by atoms with Crippen molar-refractivity contribution in [3.05, 3.63) is 225 Å². The van der Waals surface area contributed by atoms with Crippen LogP contribution >= 0.6 is 0 Å². The van der Waals surface area contributed by atoms with Crippen molar-refractivity contribution in [3.63, 3.8) is 0 Å². The zero-order valence-corrected chi connectivity index (χ0v) is 48.9. The molecule has 29 heteroatoms. The van der Waals surface area contributed by atoms with Gasteiger partial charge in [0.1, 0.15) is 5.82 Å². The van der Waals surface area contributed by atoms with E-state index in [4.69, 9.17) is 0 Å². The summed E-state index contributed by atoms with van der Waals surface area (Å²) in [6, 6.07) is 20.6. The van der Waals surface area contributed by atoms with Crippen molar-refractivity contribution in [2.24, 2.45) is 0 Å². The first kappa shape index (κ1) is 67.5. The summed E-state index contributed by atoms with van der Waals surface area (Å²) in [7, 11) is 0. The summed E-state index contributed by atoms with van der Waals surface area (Å²) in [5.41, 5.74) is -23.0. The molecule has 98 heavy (non-hydrogen) atoms. The van der Waals surface area contributed by atoms with Crippen molar-refractivity contribution in [2.75, 3.05) is 0 Å². The average molecular weight is 1390 g/mol. The van der Waals surface area contributed by atoms with Crippen LogP contribution in [0, 0.1) is 25.2 Å². The SMILES string of the molecule is Cc1cc(-c2cc(-n3c4cc(-c5ccc(C(F)(F)F)cc5C(F)(F)F)ccc4c4ccc(-c5ccc(C(F)(F)F)cc5C(F)(F)F)cc43)c(-n3c4cc(-c5ccc(C(F)(F)F)cc5C(F)(F)F)ccc4c4ccc(-c5ccc(C(F)(F)F)cc5C(F)(F)F)cc43)cc2C#N)nc(C)n1. The number of rotatable bonds is 7. The van der Waals surface area contributed by atoms with Crippen molar-refractivity contribution in [2.45, 2.75) is 63.3 Å². The average Bonchev–Trinajstić information content (AvgIpc) is 1.55. The minimum atomic E-state index is -5.55. The third-order valence-corrected chi connectivity index (χ3v) is 16.3. The second-order valence-electron chi connectivity index (χ2n) is 22.6. The summed E-state index contributed by atoms with van der Waals surface area (Å²) in [5.74, 6) is 0.0418. The number of hydrogen-bond donors (Lipinski definition) is 0. The van der Waals surface area contributed by atoms with Gasteiger partial charge in [-0.05, 0) is 149 Å². The topological polar surface area (TPSA) is 59.4 Å². The molecule has 0 radical (unpaired) electrons. The van der Waals surface area contributed by atoms with Crippen molar-refractivity contribution >= 4 is 43.6 Å².